The van der Waals surface area contributed by atoms with Crippen molar-refractivity contribution in [3.8, 4) is 5.69 Å². The van der Waals surface area contributed by atoms with Crippen molar-refractivity contribution >= 4 is 6.03 Å². The van der Waals surface area contributed by atoms with E-state index in [2.05, 4.69) is 10.3 Å². The average molecular weight is 300 g/mol. The van der Waals surface area contributed by atoms with E-state index in [0.717, 1.165) is 24.2 Å². The molecule has 2 amide bonds. The molecule has 1 aromatic heterocycles. The maximum Gasteiger partial charge on any atom is 0.317 e. The van der Waals surface area contributed by atoms with Gasteiger partial charge in [-0.3, -0.25) is 0 Å². The van der Waals surface area contributed by atoms with Crippen LogP contribution in [-0.2, 0) is 6.54 Å². The Labute approximate surface area is 129 Å². The number of benzene rings is 1. The second kappa shape index (κ2) is 6.62. The zero-order valence-corrected chi connectivity index (χ0v) is 12.4. The number of hydrogen-bond acceptors (Lipinski definition) is 3. The molecular formula is C16H20N4O2. The third-order valence-electron chi connectivity index (χ3n) is 4.01. The van der Waals surface area contributed by atoms with Gasteiger partial charge in [0.2, 0.25) is 0 Å². The van der Waals surface area contributed by atoms with Gasteiger partial charge in [-0.2, -0.15) is 0 Å². The van der Waals surface area contributed by atoms with E-state index in [-0.39, 0.29) is 18.6 Å². The fraction of sp³-hybridized carbons (Fsp3) is 0.375. The first-order chi connectivity index (χ1) is 10.8. The number of aromatic nitrogens is 2. The molecule has 3 rings (SSSR count). The average Bonchev–Trinajstić information content (AvgIpc) is 3.24. The van der Waals surface area contributed by atoms with E-state index in [4.69, 9.17) is 5.11 Å². The van der Waals surface area contributed by atoms with Gasteiger partial charge in [0.25, 0.3) is 0 Å². The lowest BCUT2D eigenvalue weighted by Crippen LogP contribution is -2.38. The second-order valence-electron chi connectivity index (χ2n) is 5.58. The maximum absolute atomic E-state index is 12.1. The van der Waals surface area contributed by atoms with Gasteiger partial charge in [0.05, 0.1) is 6.33 Å². The molecule has 2 N–H and O–H groups in total. The third-order valence-corrected chi connectivity index (χ3v) is 4.01. The number of carbonyl (C=O) groups is 1. The molecule has 0 aliphatic carbocycles. The number of likely N-dealkylation sites (tertiary alicyclic amines) is 1. The number of aliphatic hydroxyl groups is 1. The van der Waals surface area contributed by atoms with Crippen molar-refractivity contribution in [2.75, 3.05) is 19.7 Å². The number of nitrogens with zero attached hydrogens (tertiary/aromatic N) is 3. The molecule has 0 bridgehead atoms. The van der Waals surface area contributed by atoms with Gasteiger partial charge in [0, 0.05) is 50.2 Å². The molecule has 1 unspecified atom stereocenters. The molecule has 1 aromatic carbocycles. The topological polar surface area (TPSA) is 70.4 Å². The number of nitrogens with one attached hydrogen (secondary N) is 1. The summed E-state index contributed by atoms with van der Waals surface area (Å²) in [4.78, 5) is 17.8. The molecule has 0 radical (unpaired) electrons. The van der Waals surface area contributed by atoms with Crippen LogP contribution < -0.4 is 5.32 Å². The summed E-state index contributed by atoms with van der Waals surface area (Å²) in [5.74, 6) is 0.222. The molecule has 2 aromatic rings. The Morgan fingerprint density at radius 2 is 2.18 bits per heavy atom. The lowest BCUT2D eigenvalue weighted by Gasteiger charge is -2.17. The minimum atomic E-state index is -0.0605. The van der Waals surface area contributed by atoms with Gasteiger partial charge in [-0.15, -0.1) is 0 Å². The lowest BCUT2D eigenvalue weighted by atomic mass is 10.1. The van der Waals surface area contributed by atoms with E-state index in [1.165, 1.54) is 0 Å². The van der Waals surface area contributed by atoms with Gasteiger partial charge in [0.15, 0.2) is 0 Å². The molecule has 1 saturated heterocycles. The zero-order chi connectivity index (χ0) is 15.4. The summed E-state index contributed by atoms with van der Waals surface area (Å²) in [6.07, 6.45) is 6.26. The predicted octanol–water partition coefficient (Wildman–Crippen LogP) is 1.40. The molecule has 6 nitrogen and oxygen atoms in total. The van der Waals surface area contributed by atoms with Gasteiger partial charge in [0.1, 0.15) is 0 Å². The van der Waals surface area contributed by atoms with E-state index in [9.17, 15) is 4.79 Å². The fourth-order valence-electron chi connectivity index (χ4n) is 2.65. The molecule has 2 heterocycles. The molecule has 6 heteroatoms. The minimum Gasteiger partial charge on any atom is -0.396 e. The highest BCUT2D eigenvalue weighted by Gasteiger charge is 2.25. The summed E-state index contributed by atoms with van der Waals surface area (Å²) in [5, 5.41) is 12.0. The van der Waals surface area contributed by atoms with E-state index in [0.29, 0.717) is 13.1 Å². The van der Waals surface area contributed by atoms with Crippen LogP contribution in [0.5, 0.6) is 0 Å². The normalized spacial score (nSPS) is 17.7. The Kier molecular flexibility index (Phi) is 4.39. The van der Waals surface area contributed by atoms with Crippen LogP contribution in [0.2, 0.25) is 0 Å². The first-order valence-corrected chi connectivity index (χ1v) is 7.47. The number of aliphatic hydroxyl groups excluding tert-OH is 1. The number of imidazole rings is 1. The summed E-state index contributed by atoms with van der Waals surface area (Å²) >= 11 is 0. The molecular weight excluding hydrogens is 280 g/mol. The second-order valence-corrected chi connectivity index (χ2v) is 5.58. The number of carbonyl (C=O) groups excluding carboxylic acids is 1. The number of urea groups is 1. The van der Waals surface area contributed by atoms with Crippen molar-refractivity contribution in [1.29, 1.82) is 0 Å². The highest BCUT2D eigenvalue weighted by Crippen LogP contribution is 2.15. The van der Waals surface area contributed by atoms with Crippen molar-refractivity contribution in [3.05, 3.63) is 48.5 Å². The highest BCUT2D eigenvalue weighted by atomic mass is 16.3. The van der Waals surface area contributed by atoms with E-state index in [1.807, 2.05) is 35.0 Å². The number of rotatable bonds is 4. The van der Waals surface area contributed by atoms with Gasteiger partial charge in [-0.1, -0.05) is 12.1 Å². The predicted molar refractivity (Wildman–Crippen MR) is 82.6 cm³/mol. The summed E-state index contributed by atoms with van der Waals surface area (Å²) < 4.78 is 1.93. The van der Waals surface area contributed by atoms with Crippen molar-refractivity contribution in [2.45, 2.75) is 13.0 Å². The monoisotopic (exact) mass is 300 g/mol. The molecule has 1 aliphatic heterocycles. The van der Waals surface area contributed by atoms with Crippen molar-refractivity contribution in [3.63, 3.8) is 0 Å². The minimum absolute atomic E-state index is 0.0605. The smallest absolute Gasteiger partial charge is 0.317 e. The molecule has 1 fully saturated rings. The van der Waals surface area contributed by atoms with Crippen LogP contribution in [0.1, 0.15) is 12.0 Å². The Morgan fingerprint density at radius 3 is 2.82 bits per heavy atom. The van der Waals surface area contributed by atoms with Crippen LogP contribution in [0.25, 0.3) is 5.69 Å². The van der Waals surface area contributed by atoms with Gasteiger partial charge < -0.3 is 19.9 Å². The summed E-state index contributed by atoms with van der Waals surface area (Å²) in [7, 11) is 0. The molecule has 0 saturated carbocycles. The largest absolute Gasteiger partial charge is 0.396 e. The zero-order valence-electron chi connectivity index (χ0n) is 12.4. The van der Waals surface area contributed by atoms with Gasteiger partial charge in [-0.25, -0.2) is 9.78 Å². The lowest BCUT2D eigenvalue weighted by molar-refractivity contribution is 0.198. The molecule has 22 heavy (non-hydrogen) atoms. The summed E-state index contributed by atoms with van der Waals surface area (Å²) in [6, 6.07) is 7.93. The fourth-order valence-corrected chi connectivity index (χ4v) is 2.65. The molecule has 1 atom stereocenters. The molecule has 0 spiro atoms. The first kappa shape index (κ1) is 14.6. The number of amides is 2. The quantitative estimate of drug-likeness (QED) is 0.896. The van der Waals surface area contributed by atoms with Crippen LogP contribution in [0.15, 0.2) is 43.0 Å². The van der Waals surface area contributed by atoms with Crippen molar-refractivity contribution in [1.82, 2.24) is 19.8 Å². The third kappa shape index (κ3) is 3.28. The van der Waals surface area contributed by atoms with Crippen LogP contribution in [0, 0.1) is 5.92 Å². The first-order valence-electron chi connectivity index (χ1n) is 7.47. The Morgan fingerprint density at radius 1 is 1.36 bits per heavy atom. The Hall–Kier alpha value is -2.34. The SMILES string of the molecule is O=C(NCc1ccc(-n2ccnc2)cc1)N1CCC(CO)C1. The van der Waals surface area contributed by atoms with Gasteiger partial charge in [-0.05, 0) is 24.1 Å². The summed E-state index contributed by atoms with van der Waals surface area (Å²) in [5.41, 5.74) is 2.09. The van der Waals surface area contributed by atoms with Crippen LogP contribution in [0.4, 0.5) is 4.79 Å². The van der Waals surface area contributed by atoms with E-state index in [1.54, 1.807) is 17.4 Å². The van der Waals surface area contributed by atoms with Crippen molar-refractivity contribution in [2.24, 2.45) is 5.92 Å². The van der Waals surface area contributed by atoms with E-state index >= 15 is 0 Å². The maximum atomic E-state index is 12.1. The van der Waals surface area contributed by atoms with Crippen LogP contribution >= 0.6 is 0 Å². The molecule has 1 aliphatic rings. The van der Waals surface area contributed by atoms with Crippen molar-refractivity contribution < 1.29 is 9.90 Å². The van der Waals surface area contributed by atoms with Crippen LogP contribution in [0.3, 0.4) is 0 Å². The van der Waals surface area contributed by atoms with E-state index < -0.39 is 0 Å². The molecule has 116 valence electrons. The Bertz CT molecular complexity index is 610. The van der Waals surface area contributed by atoms with Crippen LogP contribution in [-0.4, -0.2) is 45.3 Å². The standard InChI is InChI=1S/C16H20N4O2/c21-11-14-5-7-19(10-14)16(22)18-9-13-1-3-15(4-2-13)20-8-6-17-12-20/h1-4,6,8,12,14,21H,5,7,9-11H2,(H,18,22). The highest BCUT2D eigenvalue weighted by molar-refractivity contribution is 5.74. The summed E-state index contributed by atoms with van der Waals surface area (Å²) in [6.45, 7) is 2.02. The van der Waals surface area contributed by atoms with Gasteiger partial charge >= 0.3 is 6.03 Å². The Balaban J connectivity index is 1.52. The number of hydrogen-bond donors (Lipinski definition) is 2.